The molecule has 7 nitrogen and oxygen atoms in total. The van der Waals surface area contributed by atoms with Crippen LogP contribution in [0.2, 0.25) is 0 Å². The van der Waals surface area contributed by atoms with E-state index < -0.39 is 11.9 Å². The summed E-state index contributed by atoms with van der Waals surface area (Å²) in [5.74, 6) is -0.505. The number of aryl methyl sites for hydroxylation is 2. The Labute approximate surface area is 148 Å². The van der Waals surface area contributed by atoms with E-state index in [1.807, 2.05) is 18.2 Å². The first-order valence-corrected chi connectivity index (χ1v) is 8.97. The van der Waals surface area contributed by atoms with Crippen molar-refractivity contribution in [3.8, 4) is 0 Å². The summed E-state index contributed by atoms with van der Waals surface area (Å²) in [6.07, 6.45) is 3.12. The monoisotopic (exact) mass is 355 g/mol. The van der Waals surface area contributed by atoms with E-state index in [1.54, 1.807) is 19.1 Å². The largest absolute Gasteiger partial charge is 0.295 e. The van der Waals surface area contributed by atoms with Crippen molar-refractivity contribution in [2.24, 2.45) is 4.99 Å². The number of carbonyl (C=O) groups excluding carboxylic acids is 2. The van der Waals surface area contributed by atoms with Crippen LogP contribution < -0.4 is 15.8 Å². The molecular formula is C17H17N5O2S. The Balaban J connectivity index is 1.53. The van der Waals surface area contributed by atoms with Crippen LogP contribution in [0.5, 0.6) is 0 Å². The van der Waals surface area contributed by atoms with Gasteiger partial charge in [0.1, 0.15) is 6.04 Å². The van der Waals surface area contributed by atoms with Crippen LogP contribution in [0.15, 0.2) is 35.3 Å². The van der Waals surface area contributed by atoms with E-state index in [0.717, 1.165) is 25.0 Å². The summed E-state index contributed by atoms with van der Waals surface area (Å²) < 4.78 is 0. The Morgan fingerprint density at radius 1 is 1.32 bits per heavy atom. The number of amidine groups is 1. The highest BCUT2D eigenvalue weighted by atomic mass is 32.1. The van der Waals surface area contributed by atoms with Crippen LogP contribution in [0.1, 0.15) is 23.9 Å². The highest BCUT2D eigenvalue weighted by molar-refractivity contribution is 7.16. The van der Waals surface area contributed by atoms with E-state index >= 15 is 0 Å². The zero-order valence-corrected chi connectivity index (χ0v) is 14.5. The van der Waals surface area contributed by atoms with Crippen molar-refractivity contribution in [3.63, 3.8) is 0 Å². The van der Waals surface area contributed by atoms with Crippen LogP contribution in [0.3, 0.4) is 0 Å². The predicted molar refractivity (Wildman–Crippen MR) is 96.7 cm³/mol. The number of carbonyl (C=O) groups is 2. The van der Waals surface area contributed by atoms with E-state index in [-0.39, 0.29) is 11.7 Å². The van der Waals surface area contributed by atoms with Crippen molar-refractivity contribution < 1.29 is 9.59 Å². The lowest BCUT2D eigenvalue weighted by Gasteiger charge is -2.30. The molecule has 0 spiro atoms. The first kappa shape index (κ1) is 15.8. The molecule has 8 heteroatoms. The fourth-order valence-corrected chi connectivity index (χ4v) is 3.95. The van der Waals surface area contributed by atoms with Gasteiger partial charge >= 0.3 is 0 Å². The van der Waals surface area contributed by atoms with Gasteiger partial charge in [0, 0.05) is 4.88 Å². The predicted octanol–water partition coefficient (Wildman–Crippen LogP) is 1.91. The van der Waals surface area contributed by atoms with Crippen molar-refractivity contribution in [2.75, 3.05) is 10.3 Å². The summed E-state index contributed by atoms with van der Waals surface area (Å²) in [6, 6.07) is 8.48. The van der Waals surface area contributed by atoms with Gasteiger partial charge in [0.25, 0.3) is 11.8 Å². The number of hydrogen-bond donors (Lipinski definition) is 2. The lowest BCUT2D eigenvalue weighted by molar-refractivity contribution is -0.120. The molecule has 1 aromatic carbocycles. The van der Waals surface area contributed by atoms with Crippen LogP contribution in [-0.4, -0.2) is 28.7 Å². The van der Waals surface area contributed by atoms with Gasteiger partial charge in [-0.05, 0) is 38.3 Å². The Morgan fingerprint density at radius 2 is 2.12 bits per heavy atom. The van der Waals surface area contributed by atoms with Gasteiger partial charge < -0.3 is 0 Å². The highest BCUT2D eigenvalue weighted by Gasteiger charge is 2.31. The molecule has 128 valence electrons. The Hall–Kier alpha value is -2.74. The molecule has 25 heavy (non-hydrogen) atoms. The molecule has 2 heterocycles. The van der Waals surface area contributed by atoms with Gasteiger partial charge in [-0.25, -0.2) is 15.0 Å². The third-order valence-electron chi connectivity index (χ3n) is 4.16. The standard InChI is InChI=1S/C17H17N5O2S/c1-10-16(24)22(11-6-3-2-4-7-11)21-14(18-10)15(23)20-17-19-12-8-5-9-13(12)25-17/h2-4,6-7,10H,5,8-9H2,1H3,(H,18,21)(H,19,20,23). The maximum atomic E-state index is 12.5. The SMILES string of the molecule is CC1N=C(C(=O)Nc2nc3c(s2)CCC3)NN(c2ccccc2)C1=O. The normalized spacial score (nSPS) is 19.2. The van der Waals surface area contributed by atoms with Crippen LogP contribution >= 0.6 is 11.3 Å². The molecule has 1 aliphatic heterocycles. The van der Waals surface area contributed by atoms with E-state index in [2.05, 4.69) is 20.7 Å². The number of amides is 2. The number of para-hydroxylation sites is 1. The van der Waals surface area contributed by atoms with Gasteiger partial charge in [-0.2, -0.15) is 0 Å². The van der Waals surface area contributed by atoms with Gasteiger partial charge in [0.2, 0.25) is 5.84 Å². The molecular weight excluding hydrogens is 338 g/mol. The number of benzene rings is 1. The number of rotatable bonds is 3. The number of hydrazine groups is 1. The number of nitrogens with zero attached hydrogens (tertiary/aromatic N) is 3. The second kappa shape index (κ2) is 6.29. The summed E-state index contributed by atoms with van der Waals surface area (Å²) in [5.41, 5.74) is 4.56. The lowest BCUT2D eigenvalue weighted by Crippen LogP contribution is -2.57. The number of thiazole rings is 1. The molecule has 1 atom stereocenters. The first-order valence-electron chi connectivity index (χ1n) is 8.15. The molecule has 0 saturated carbocycles. The van der Waals surface area contributed by atoms with Crippen LogP contribution in [-0.2, 0) is 22.4 Å². The molecule has 2 N–H and O–H groups in total. The minimum absolute atomic E-state index is 0.103. The summed E-state index contributed by atoms with van der Waals surface area (Å²) in [5, 5.41) is 4.72. The fraction of sp³-hybridized carbons (Fsp3) is 0.294. The summed E-state index contributed by atoms with van der Waals surface area (Å²) in [7, 11) is 0. The van der Waals surface area contributed by atoms with Gasteiger partial charge in [0.15, 0.2) is 5.13 Å². The molecule has 1 unspecified atom stereocenters. The molecule has 4 rings (SSSR count). The number of anilines is 2. The quantitative estimate of drug-likeness (QED) is 0.880. The summed E-state index contributed by atoms with van der Waals surface area (Å²) in [4.78, 5) is 34.8. The number of aromatic nitrogens is 1. The molecule has 0 saturated heterocycles. The number of aliphatic imine (C=N–C) groups is 1. The van der Waals surface area contributed by atoms with E-state index in [1.165, 1.54) is 21.2 Å². The smallest absolute Gasteiger partial charge is 0.294 e. The average molecular weight is 355 g/mol. The Kier molecular flexibility index (Phi) is 3.96. The van der Waals surface area contributed by atoms with Crippen LogP contribution in [0.4, 0.5) is 10.8 Å². The zero-order valence-electron chi connectivity index (χ0n) is 13.7. The Morgan fingerprint density at radius 3 is 2.88 bits per heavy atom. The number of fused-ring (bicyclic) bond motifs is 1. The third kappa shape index (κ3) is 3.00. The van der Waals surface area contributed by atoms with Crippen molar-refractivity contribution in [2.45, 2.75) is 32.2 Å². The Bertz CT molecular complexity index is 840. The lowest BCUT2D eigenvalue weighted by atomic mass is 10.2. The molecule has 2 aliphatic rings. The molecule has 1 aliphatic carbocycles. The van der Waals surface area contributed by atoms with E-state index in [0.29, 0.717) is 10.8 Å². The van der Waals surface area contributed by atoms with Crippen LogP contribution in [0.25, 0.3) is 0 Å². The van der Waals surface area contributed by atoms with Gasteiger partial charge in [0.05, 0.1) is 11.4 Å². The number of hydrogen-bond acceptors (Lipinski definition) is 6. The van der Waals surface area contributed by atoms with Gasteiger partial charge in [-0.1, -0.05) is 18.2 Å². The maximum Gasteiger partial charge on any atom is 0.294 e. The number of nitrogens with one attached hydrogen (secondary N) is 2. The second-order valence-corrected chi connectivity index (χ2v) is 7.05. The van der Waals surface area contributed by atoms with Crippen LogP contribution in [0, 0.1) is 0 Å². The maximum absolute atomic E-state index is 12.5. The third-order valence-corrected chi connectivity index (χ3v) is 5.24. The molecule has 0 bridgehead atoms. The van der Waals surface area contributed by atoms with E-state index in [9.17, 15) is 9.59 Å². The molecule has 0 fully saturated rings. The van der Waals surface area contributed by atoms with Gasteiger partial charge in [-0.3, -0.25) is 20.3 Å². The van der Waals surface area contributed by atoms with Crippen molar-refractivity contribution in [1.29, 1.82) is 0 Å². The average Bonchev–Trinajstić information content (AvgIpc) is 3.19. The topological polar surface area (TPSA) is 86.7 Å². The zero-order chi connectivity index (χ0) is 17.4. The fourth-order valence-electron chi connectivity index (χ4n) is 2.90. The molecule has 0 radical (unpaired) electrons. The molecule has 2 amide bonds. The minimum atomic E-state index is -0.636. The summed E-state index contributed by atoms with van der Waals surface area (Å²) in [6.45, 7) is 1.67. The molecule has 2 aromatic rings. The van der Waals surface area contributed by atoms with Crippen molar-refractivity contribution in [3.05, 3.63) is 40.9 Å². The van der Waals surface area contributed by atoms with Gasteiger partial charge in [-0.15, -0.1) is 11.3 Å². The second-order valence-electron chi connectivity index (χ2n) is 5.97. The van der Waals surface area contributed by atoms with Crippen molar-refractivity contribution in [1.82, 2.24) is 10.4 Å². The first-order chi connectivity index (χ1) is 12.1. The highest BCUT2D eigenvalue weighted by Crippen LogP contribution is 2.30. The van der Waals surface area contributed by atoms with E-state index in [4.69, 9.17) is 0 Å². The molecule has 1 aromatic heterocycles. The van der Waals surface area contributed by atoms with Crippen molar-refractivity contribution >= 4 is 39.8 Å². The summed E-state index contributed by atoms with van der Waals surface area (Å²) >= 11 is 1.51. The minimum Gasteiger partial charge on any atom is -0.295 e.